The maximum Gasteiger partial charge on any atom is 0.411 e. The van der Waals surface area contributed by atoms with Gasteiger partial charge in [0.1, 0.15) is 12.7 Å². The lowest BCUT2D eigenvalue weighted by atomic mass is 10.1. The molecular weight excluding hydrogens is 264 g/mol. The van der Waals surface area contributed by atoms with Gasteiger partial charge in [0.2, 0.25) is 0 Å². The number of hydrogen-bond donors (Lipinski definition) is 1. The van der Waals surface area contributed by atoms with Gasteiger partial charge in [-0.2, -0.15) is 5.26 Å². The molecule has 4 heteroatoms. The van der Waals surface area contributed by atoms with Gasteiger partial charge in [-0.3, -0.25) is 5.32 Å². The van der Waals surface area contributed by atoms with Crippen LogP contribution in [0, 0.1) is 23.7 Å². The molecule has 0 radical (unpaired) electrons. The van der Waals surface area contributed by atoms with Crippen LogP contribution in [0.4, 0.5) is 10.5 Å². The van der Waals surface area contributed by atoms with Crippen LogP contribution in [0.3, 0.4) is 0 Å². The first-order valence-corrected chi connectivity index (χ1v) is 6.22. The summed E-state index contributed by atoms with van der Waals surface area (Å²) in [6.45, 7) is 0.156. The van der Waals surface area contributed by atoms with Gasteiger partial charge in [-0.1, -0.05) is 42.3 Å². The summed E-state index contributed by atoms with van der Waals surface area (Å²) in [5.74, 6) is 2.40. The number of terminal acetylenes is 1. The molecule has 0 fully saturated rings. The highest BCUT2D eigenvalue weighted by molar-refractivity contribution is 5.87. The molecule has 102 valence electrons. The summed E-state index contributed by atoms with van der Waals surface area (Å²) >= 11 is 0. The quantitative estimate of drug-likeness (QED) is 0.875. The van der Waals surface area contributed by atoms with E-state index in [1.807, 2.05) is 36.4 Å². The molecule has 0 heterocycles. The molecule has 0 atom stereocenters. The highest BCUT2D eigenvalue weighted by Gasteiger charge is 2.10. The van der Waals surface area contributed by atoms with Crippen LogP contribution in [-0.4, -0.2) is 6.09 Å². The van der Waals surface area contributed by atoms with E-state index in [0.717, 1.165) is 5.56 Å². The Morgan fingerprint density at radius 2 is 1.95 bits per heavy atom. The fraction of sp³-hybridized carbons (Fsp3) is 0.0588. The van der Waals surface area contributed by atoms with Crippen molar-refractivity contribution in [2.24, 2.45) is 0 Å². The number of nitrogens with zero attached hydrogens (tertiary/aromatic N) is 1. The van der Waals surface area contributed by atoms with Crippen molar-refractivity contribution in [2.75, 3.05) is 5.32 Å². The minimum atomic E-state index is -0.635. The zero-order chi connectivity index (χ0) is 15.1. The minimum Gasteiger partial charge on any atom is -0.444 e. The standard InChI is InChI=1S/C17H12N2O2/c1-2-14-9-6-10-16(15(14)11-18)19-17(20)21-12-13-7-4-3-5-8-13/h1,3-10H,12H2,(H,19,20). The van der Waals surface area contributed by atoms with Crippen LogP contribution in [0.1, 0.15) is 16.7 Å². The average molecular weight is 276 g/mol. The second-order valence-corrected chi connectivity index (χ2v) is 4.17. The lowest BCUT2D eigenvalue weighted by Gasteiger charge is -2.09. The van der Waals surface area contributed by atoms with Crippen molar-refractivity contribution in [3.05, 3.63) is 65.2 Å². The second kappa shape index (κ2) is 6.79. The molecule has 4 nitrogen and oxygen atoms in total. The Kier molecular flexibility index (Phi) is 4.58. The van der Waals surface area contributed by atoms with Gasteiger partial charge in [0.15, 0.2) is 0 Å². The Morgan fingerprint density at radius 3 is 2.62 bits per heavy atom. The molecule has 0 aromatic heterocycles. The second-order valence-electron chi connectivity index (χ2n) is 4.17. The van der Waals surface area contributed by atoms with Gasteiger partial charge in [0, 0.05) is 5.56 Å². The molecular formula is C17H12N2O2. The zero-order valence-electron chi connectivity index (χ0n) is 11.2. The first kappa shape index (κ1) is 14.2. The van der Waals surface area contributed by atoms with E-state index in [9.17, 15) is 4.79 Å². The maximum absolute atomic E-state index is 11.8. The Labute approximate surface area is 123 Å². The molecule has 0 aliphatic heterocycles. The van der Waals surface area contributed by atoms with Gasteiger partial charge >= 0.3 is 6.09 Å². The van der Waals surface area contributed by atoms with Crippen LogP contribution in [-0.2, 0) is 11.3 Å². The SMILES string of the molecule is C#Cc1cccc(NC(=O)OCc2ccccc2)c1C#N. The van der Waals surface area contributed by atoms with E-state index >= 15 is 0 Å². The van der Waals surface area contributed by atoms with E-state index in [-0.39, 0.29) is 12.2 Å². The average Bonchev–Trinajstić information content (AvgIpc) is 2.53. The van der Waals surface area contributed by atoms with Crippen molar-refractivity contribution >= 4 is 11.8 Å². The molecule has 21 heavy (non-hydrogen) atoms. The van der Waals surface area contributed by atoms with Crippen LogP contribution in [0.15, 0.2) is 48.5 Å². The van der Waals surface area contributed by atoms with Gasteiger partial charge in [-0.15, -0.1) is 6.42 Å². The van der Waals surface area contributed by atoms with Gasteiger partial charge in [0.25, 0.3) is 0 Å². The number of nitrogens with one attached hydrogen (secondary N) is 1. The summed E-state index contributed by atoms with van der Waals surface area (Å²) in [4.78, 5) is 11.8. The lowest BCUT2D eigenvalue weighted by Crippen LogP contribution is -2.14. The van der Waals surface area contributed by atoms with E-state index < -0.39 is 6.09 Å². The summed E-state index contributed by atoms with van der Waals surface area (Å²) in [6.07, 6.45) is 4.68. The van der Waals surface area contributed by atoms with Crippen molar-refractivity contribution in [3.8, 4) is 18.4 Å². The third-order valence-electron chi connectivity index (χ3n) is 2.78. The number of anilines is 1. The molecule has 0 aliphatic rings. The van der Waals surface area contributed by atoms with Crippen molar-refractivity contribution in [2.45, 2.75) is 6.61 Å². The topological polar surface area (TPSA) is 62.1 Å². The van der Waals surface area contributed by atoms with E-state index in [0.29, 0.717) is 11.3 Å². The summed E-state index contributed by atoms with van der Waals surface area (Å²) < 4.78 is 5.09. The monoisotopic (exact) mass is 276 g/mol. The maximum atomic E-state index is 11.8. The number of carbonyl (C=O) groups excluding carboxylic acids is 1. The normalized spacial score (nSPS) is 9.24. The van der Waals surface area contributed by atoms with Crippen molar-refractivity contribution in [3.63, 3.8) is 0 Å². The fourth-order valence-electron chi connectivity index (χ4n) is 1.77. The molecule has 0 aliphatic carbocycles. The molecule has 0 unspecified atom stereocenters. The predicted molar refractivity (Wildman–Crippen MR) is 79.3 cm³/mol. The molecule has 0 spiro atoms. The smallest absolute Gasteiger partial charge is 0.411 e. The summed E-state index contributed by atoms with van der Waals surface area (Å²) in [5, 5.41) is 11.6. The van der Waals surface area contributed by atoms with Crippen molar-refractivity contribution in [1.82, 2.24) is 0 Å². The first-order chi connectivity index (χ1) is 10.2. The van der Waals surface area contributed by atoms with Crippen LogP contribution < -0.4 is 5.32 Å². The fourth-order valence-corrected chi connectivity index (χ4v) is 1.77. The highest BCUT2D eigenvalue weighted by atomic mass is 16.5. The van der Waals surface area contributed by atoms with Crippen molar-refractivity contribution in [1.29, 1.82) is 5.26 Å². The van der Waals surface area contributed by atoms with Gasteiger partial charge in [-0.05, 0) is 17.7 Å². The highest BCUT2D eigenvalue weighted by Crippen LogP contribution is 2.18. The van der Waals surface area contributed by atoms with E-state index in [2.05, 4.69) is 11.2 Å². The number of rotatable bonds is 3. The molecule has 2 aromatic carbocycles. The van der Waals surface area contributed by atoms with E-state index in [1.165, 1.54) is 0 Å². The molecule has 1 amide bonds. The van der Waals surface area contributed by atoms with Gasteiger partial charge in [-0.25, -0.2) is 4.79 Å². The van der Waals surface area contributed by atoms with Gasteiger partial charge < -0.3 is 4.74 Å². The Bertz CT molecular complexity index is 725. The van der Waals surface area contributed by atoms with Gasteiger partial charge in [0.05, 0.1) is 11.3 Å². The van der Waals surface area contributed by atoms with Crippen LogP contribution in [0.25, 0.3) is 0 Å². The molecule has 0 saturated carbocycles. The van der Waals surface area contributed by atoms with E-state index in [1.54, 1.807) is 18.2 Å². The molecule has 1 N–H and O–H groups in total. The summed E-state index contributed by atoms with van der Waals surface area (Å²) in [6, 6.07) is 16.2. The summed E-state index contributed by atoms with van der Waals surface area (Å²) in [5.41, 5.74) is 1.89. The number of benzene rings is 2. The molecule has 0 bridgehead atoms. The van der Waals surface area contributed by atoms with E-state index in [4.69, 9.17) is 16.4 Å². The van der Waals surface area contributed by atoms with Crippen molar-refractivity contribution < 1.29 is 9.53 Å². The molecule has 2 aromatic rings. The number of nitriles is 1. The van der Waals surface area contributed by atoms with Crippen LogP contribution >= 0.6 is 0 Å². The molecule has 0 saturated heterocycles. The Morgan fingerprint density at radius 1 is 1.19 bits per heavy atom. The number of ether oxygens (including phenoxy) is 1. The lowest BCUT2D eigenvalue weighted by molar-refractivity contribution is 0.155. The number of carbonyl (C=O) groups is 1. The van der Waals surface area contributed by atoms with Crippen LogP contribution in [0.2, 0.25) is 0 Å². The predicted octanol–water partition coefficient (Wildman–Crippen LogP) is 3.29. The largest absolute Gasteiger partial charge is 0.444 e. The first-order valence-electron chi connectivity index (χ1n) is 6.22. The van der Waals surface area contributed by atoms with Crippen LogP contribution in [0.5, 0.6) is 0 Å². The molecule has 2 rings (SSSR count). The summed E-state index contributed by atoms with van der Waals surface area (Å²) in [7, 11) is 0. The Hall–Kier alpha value is -3.24. The minimum absolute atomic E-state index is 0.156. The third-order valence-corrected chi connectivity index (χ3v) is 2.78. The number of amides is 1. The zero-order valence-corrected chi connectivity index (χ0v) is 11.2. The number of hydrogen-bond acceptors (Lipinski definition) is 3. The Balaban J connectivity index is 2.04. The third kappa shape index (κ3) is 3.62.